The number of aryl methyl sites for hydroxylation is 3. The zero-order chi connectivity index (χ0) is 59.1. The summed E-state index contributed by atoms with van der Waals surface area (Å²) >= 11 is 0. The molecule has 3 aliphatic heterocycles. The first-order chi connectivity index (χ1) is 40.3. The highest BCUT2D eigenvalue weighted by molar-refractivity contribution is 6.01. The van der Waals surface area contributed by atoms with Crippen molar-refractivity contribution >= 4 is 52.3 Å². The van der Waals surface area contributed by atoms with E-state index in [2.05, 4.69) is 226 Å². The normalized spacial score (nSPS) is 13.5. The number of carboxylic acids is 1. The van der Waals surface area contributed by atoms with E-state index in [0.29, 0.717) is 11.5 Å². The van der Waals surface area contributed by atoms with Gasteiger partial charge >= 0.3 is 5.97 Å². The van der Waals surface area contributed by atoms with Crippen molar-refractivity contribution in [2.24, 2.45) is 0 Å². The van der Waals surface area contributed by atoms with E-state index >= 15 is 0 Å². The van der Waals surface area contributed by atoms with Crippen molar-refractivity contribution in [3.63, 3.8) is 0 Å². The molecular formula is C77H84N4O3. The third-order valence-electron chi connectivity index (χ3n) is 17.6. The summed E-state index contributed by atoms with van der Waals surface area (Å²) < 4.78 is 7.28. The number of aromatic carboxylic acids is 1. The minimum atomic E-state index is -1.02. The third-order valence-corrected chi connectivity index (χ3v) is 17.6. The lowest BCUT2D eigenvalue weighted by molar-refractivity contribution is 0.0693. The zero-order valence-corrected chi connectivity index (χ0v) is 51.5. The van der Waals surface area contributed by atoms with Gasteiger partial charge in [-0.05, 0) is 155 Å². The molecule has 430 valence electrons. The maximum Gasteiger partial charge on any atom is 0.339 e. The molecule has 0 radical (unpaired) electrons. The van der Waals surface area contributed by atoms with Crippen molar-refractivity contribution in [2.45, 2.75) is 169 Å². The molecule has 8 bridgehead atoms. The van der Waals surface area contributed by atoms with Crippen molar-refractivity contribution in [3.8, 4) is 56.0 Å². The quantitative estimate of drug-likeness (QED) is 0.0788. The van der Waals surface area contributed by atoms with Gasteiger partial charge in [-0.3, -0.25) is 0 Å². The van der Waals surface area contributed by atoms with Gasteiger partial charge in [0.2, 0.25) is 0 Å². The van der Waals surface area contributed by atoms with Crippen LogP contribution >= 0.6 is 0 Å². The Kier molecular flexibility index (Phi) is 16.2. The second kappa shape index (κ2) is 23.6. The van der Waals surface area contributed by atoms with E-state index < -0.39 is 11.4 Å². The molecule has 0 spiro atoms. The first-order valence-corrected chi connectivity index (χ1v) is 31.1. The van der Waals surface area contributed by atoms with Crippen LogP contribution < -0.4 is 4.74 Å². The van der Waals surface area contributed by atoms with Crippen LogP contribution in [0.2, 0.25) is 0 Å². The van der Waals surface area contributed by atoms with Gasteiger partial charge < -0.3 is 19.8 Å². The molecule has 0 amide bonds. The van der Waals surface area contributed by atoms with Crippen LogP contribution in [-0.4, -0.2) is 31.0 Å². The number of hydrogen-bond acceptors (Lipinski definition) is 4. The van der Waals surface area contributed by atoms with Gasteiger partial charge in [-0.2, -0.15) is 0 Å². The minimum absolute atomic E-state index is 0.152. The lowest BCUT2D eigenvalue weighted by atomic mass is 9.70. The van der Waals surface area contributed by atoms with E-state index in [0.717, 1.165) is 144 Å². The minimum Gasteiger partial charge on any atom is -0.478 e. The molecule has 11 rings (SSSR count). The van der Waals surface area contributed by atoms with Gasteiger partial charge in [0, 0.05) is 66.4 Å². The van der Waals surface area contributed by atoms with Gasteiger partial charge in [0.15, 0.2) is 0 Å². The van der Waals surface area contributed by atoms with Crippen LogP contribution in [0.15, 0.2) is 121 Å². The molecule has 6 heterocycles. The summed E-state index contributed by atoms with van der Waals surface area (Å²) in [6.07, 6.45) is 22.4. The highest BCUT2D eigenvalue weighted by Gasteiger charge is 2.41. The largest absolute Gasteiger partial charge is 0.478 e. The summed E-state index contributed by atoms with van der Waals surface area (Å²) in [5.41, 5.74) is 21.7. The average Bonchev–Trinajstić information content (AvgIpc) is 1.24. The molecule has 5 aromatic carbocycles. The number of carbonyl (C=O) groups is 1. The van der Waals surface area contributed by atoms with Gasteiger partial charge in [0.25, 0.3) is 0 Å². The maximum absolute atomic E-state index is 13.5. The van der Waals surface area contributed by atoms with Gasteiger partial charge in [0.1, 0.15) is 17.1 Å². The second-order valence-electron chi connectivity index (χ2n) is 26.3. The van der Waals surface area contributed by atoms with Crippen LogP contribution in [-0.2, 0) is 35.5 Å². The number of fused-ring (bicyclic) bond motifs is 10. The smallest absolute Gasteiger partial charge is 0.339 e. The molecule has 0 saturated carbocycles. The molecule has 0 fully saturated rings. The number of nitrogens with zero attached hydrogens (tertiary/aromatic N) is 2. The molecule has 0 aliphatic carbocycles. The fourth-order valence-corrected chi connectivity index (χ4v) is 12.5. The predicted molar refractivity (Wildman–Crippen MR) is 353 cm³/mol. The Morgan fingerprint density at radius 3 is 1.17 bits per heavy atom. The monoisotopic (exact) mass is 1110 g/mol. The maximum atomic E-state index is 13.5. The molecule has 3 aromatic heterocycles. The molecule has 0 saturated heterocycles. The molecule has 7 nitrogen and oxygen atoms in total. The number of H-pyrrole nitrogens is 2. The summed E-state index contributed by atoms with van der Waals surface area (Å²) in [5, 5.41) is 11.0. The van der Waals surface area contributed by atoms with Crippen molar-refractivity contribution in [1.29, 1.82) is 0 Å². The number of aromatic amines is 2. The number of rotatable bonds is 17. The Morgan fingerprint density at radius 2 is 0.810 bits per heavy atom. The van der Waals surface area contributed by atoms with Gasteiger partial charge in [-0.25, -0.2) is 14.8 Å². The molecule has 7 heteroatoms. The fraction of sp³-hybridized carbons (Fsp3) is 0.338. The third kappa shape index (κ3) is 11.5. The molecule has 0 atom stereocenters. The van der Waals surface area contributed by atoms with E-state index in [1.54, 1.807) is 6.07 Å². The summed E-state index contributed by atoms with van der Waals surface area (Å²) in [5.74, 6) is -0.0302. The zero-order valence-electron chi connectivity index (χ0n) is 51.5. The van der Waals surface area contributed by atoms with Gasteiger partial charge in [-0.15, -0.1) is 0 Å². The van der Waals surface area contributed by atoms with Crippen molar-refractivity contribution in [3.05, 3.63) is 189 Å². The highest BCUT2D eigenvalue weighted by atomic mass is 16.5. The first-order valence-electron chi connectivity index (χ1n) is 31.1. The Bertz CT molecular complexity index is 3970. The molecule has 84 heavy (non-hydrogen) atoms. The Morgan fingerprint density at radius 1 is 0.464 bits per heavy atom. The number of unbranched alkanes of at least 4 members (excludes halogenated alkanes) is 6. The number of ether oxygens (including phenoxy) is 1. The Hall–Kier alpha value is -8.03. The number of hydrogen-bond donors (Lipinski definition) is 3. The standard InChI is InChI=1S/C77H84N4O3/c1-12-15-18-21-48-24-30-51(31-25-48)68-60-36-38-62(78-60)69(52-32-26-49(27-33-52)22-19-16-13-2)64-40-42-66(80-64)71(67-43-41-65(81-67)70(63-39-37-61(68)79-63)53-34-28-50(29-35-53)23-20-17-14-3)56-44-54(75(4,5)6)46-58-72(56)84-73-57(74(82)83)45-55(76(7,8)9)47-59(73)77(58,10)11/h24-47,78,81H,12-23H2,1-11H3,(H,82,83). The summed E-state index contributed by atoms with van der Waals surface area (Å²) in [4.78, 5) is 32.9. The Labute approximate surface area is 498 Å². The van der Waals surface area contributed by atoms with Crippen LogP contribution in [0, 0.1) is 0 Å². The first kappa shape index (κ1) is 57.8. The van der Waals surface area contributed by atoms with Crippen LogP contribution in [0.3, 0.4) is 0 Å². The SMILES string of the molecule is CCCCCc1ccc(-c2c3nc(c(-c4ccc(CCCCC)cc4)c4ccc([nH]4)c(-c4cc(C(C)(C)C)cc5c4Oc4c(C(=O)O)cc(C(C)(C)C)cc4C5(C)C)c4nc(c(-c5ccc(CCCCC)cc5)c5ccc2[nH]5)C=C4)C=C3)cc1. The van der Waals surface area contributed by atoms with Crippen molar-refractivity contribution < 1.29 is 14.6 Å². The second-order valence-corrected chi connectivity index (χ2v) is 26.3. The topological polar surface area (TPSA) is 104 Å². The van der Waals surface area contributed by atoms with Crippen LogP contribution in [0.4, 0.5) is 0 Å². The predicted octanol–water partition coefficient (Wildman–Crippen LogP) is 21.2. The molecular weight excluding hydrogens is 1030 g/mol. The van der Waals surface area contributed by atoms with Crippen molar-refractivity contribution in [1.82, 2.24) is 19.9 Å². The van der Waals surface area contributed by atoms with E-state index in [-0.39, 0.29) is 16.4 Å². The lowest BCUT2D eigenvalue weighted by Crippen LogP contribution is -2.28. The van der Waals surface area contributed by atoms with E-state index in [1.807, 2.05) is 0 Å². The molecule has 8 aromatic rings. The van der Waals surface area contributed by atoms with Crippen LogP contribution in [0.5, 0.6) is 11.5 Å². The molecule has 3 aliphatic rings. The average molecular weight is 1110 g/mol. The highest BCUT2D eigenvalue weighted by Crippen LogP contribution is 2.55. The van der Waals surface area contributed by atoms with Crippen LogP contribution in [0.25, 0.3) is 90.9 Å². The summed E-state index contributed by atoms with van der Waals surface area (Å²) in [6, 6.07) is 44.6. The Balaban J connectivity index is 1.25. The van der Waals surface area contributed by atoms with Crippen LogP contribution in [0.1, 0.15) is 206 Å². The van der Waals surface area contributed by atoms with E-state index in [4.69, 9.17) is 14.7 Å². The number of nitrogens with one attached hydrogen (secondary N) is 2. The number of carboxylic acid groups (broad SMARTS) is 1. The van der Waals surface area contributed by atoms with Crippen molar-refractivity contribution in [2.75, 3.05) is 0 Å². The van der Waals surface area contributed by atoms with E-state index in [1.165, 1.54) is 61.6 Å². The molecule has 0 unspecified atom stereocenters. The summed E-state index contributed by atoms with van der Waals surface area (Å²) in [6.45, 7) is 24.3. The van der Waals surface area contributed by atoms with Gasteiger partial charge in [0.05, 0.1) is 22.8 Å². The van der Waals surface area contributed by atoms with Gasteiger partial charge in [-0.1, -0.05) is 200 Å². The number of aromatic nitrogens is 4. The fourth-order valence-electron chi connectivity index (χ4n) is 12.5. The lowest BCUT2D eigenvalue weighted by Gasteiger charge is -2.38. The van der Waals surface area contributed by atoms with E-state index in [9.17, 15) is 9.90 Å². The number of benzene rings is 5. The molecule has 3 N–H and O–H groups in total. The summed E-state index contributed by atoms with van der Waals surface area (Å²) in [7, 11) is 0.